The summed E-state index contributed by atoms with van der Waals surface area (Å²) in [5, 5.41) is 22.2. The van der Waals surface area contributed by atoms with E-state index in [4.69, 9.17) is 10.00 Å². The molecule has 5 heteroatoms. The van der Waals surface area contributed by atoms with Crippen molar-refractivity contribution < 1.29 is 9.84 Å². The lowest BCUT2D eigenvalue weighted by atomic mass is 10.0. The van der Waals surface area contributed by atoms with E-state index in [2.05, 4.69) is 16.3 Å². The largest absolute Gasteiger partial charge is 0.504 e. The molecule has 1 saturated heterocycles. The van der Waals surface area contributed by atoms with Crippen LogP contribution >= 0.6 is 0 Å². The molecule has 1 aliphatic heterocycles. The van der Waals surface area contributed by atoms with E-state index in [1.54, 1.807) is 6.07 Å². The van der Waals surface area contributed by atoms with E-state index >= 15 is 0 Å². The molecule has 0 spiro atoms. The summed E-state index contributed by atoms with van der Waals surface area (Å²) in [5.41, 5.74) is 1.02. The van der Waals surface area contributed by atoms with Crippen LogP contribution in [0.15, 0.2) is 18.2 Å². The minimum atomic E-state index is 0.0573. The van der Waals surface area contributed by atoms with Crippen LogP contribution in [0, 0.1) is 11.3 Å². The molecule has 0 aromatic heterocycles. The summed E-state index contributed by atoms with van der Waals surface area (Å²) in [6.45, 7) is 6.13. The van der Waals surface area contributed by atoms with Crippen molar-refractivity contribution in [2.75, 3.05) is 32.8 Å². The van der Waals surface area contributed by atoms with Crippen LogP contribution in [-0.2, 0) is 0 Å². The molecule has 1 fully saturated rings. The van der Waals surface area contributed by atoms with Gasteiger partial charge in [0.25, 0.3) is 0 Å². The highest BCUT2D eigenvalue weighted by atomic mass is 16.5. The first-order chi connectivity index (χ1) is 9.76. The standard InChI is InChI=1S/C15H21N3O2/c1-2-20-15-11-12(3-4-14(15)19)13(5-6-16)18-9-7-17-8-10-18/h3-4,11,13,17,19H,2,5,7-10H2,1H3/t13-/m0/s1. The maximum atomic E-state index is 9.77. The maximum absolute atomic E-state index is 9.77. The van der Waals surface area contributed by atoms with Crippen molar-refractivity contribution in [3.63, 3.8) is 0 Å². The summed E-state index contributed by atoms with van der Waals surface area (Å²) in [5.74, 6) is 0.634. The fraction of sp³-hybridized carbons (Fsp3) is 0.533. The van der Waals surface area contributed by atoms with E-state index < -0.39 is 0 Å². The first kappa shape index (κ1) is 14.6. The van der Waals surface area contributed by atoms with Gasteiger partial charge in [-0.15, -0.1) is 0 Å². The third-order valence-electron chi connectivity index (χ3n) is 3.55. The fourth-order valence-corrected chi connectivity index (χ4v) is 2.55. The number of phenolic OH excluding ortho intramolecular Hbond substituents is 1. The molecule has 0 aliphatic carbocycles. The molecule has 0 bridgehead atoms. The van der Waals surface area contributed by atoms with E-state index in [0.717, 1.165) is 31.7 Å². The topological polar surface area (TPSA) is 68.5 Å². The van der Waals surface area contributed by atoms with Crippen LogP contribution in [0.25, 0.3) is 0 Å². The number of piperazine rings is 1. The van der Waals surface area contributed by atoms with E-state index in [-0.39, 0.29) is 11.8 Å². The zero-order valence-electron chi connectivity index (χ0n) is 11.8. The Balaban J connectivity index is 2.24. The average molecular weight is 275 g/mol. The molecule has 0 saturated carbocycles. The second kappa shape index (κ2) is 7.13. The van der Waals surface area contributed by atoms with Gasteiger partial charge in [-0.2, -0.15) is 5.26 Å². The number of aromatic hydroxyl groups is 1. The highest BCUT2D eigenvalue weighted by Crippen LogP contribution is 2.32. The van der Waals surface area contributed by atoms with Crippen LogP contribution in [0.2, 0.25) is 0 Å². The Bertz CT molecular complexity index is 478. The smallest absolute Gasteiger partial charge is 0.161 e. The molecule has 0 amide bonds. The number of hydrogen-bond acceptors (Lipinski definition) is 5. The molecule has 1 aromatic rings. The van der Waals surface area contributed by atoms with Gasteiger partial charge in [-0.1, -0.05) is 6.07 Å². The number of nitriles is 1. The Morgan fingerprint density at radius 3 is 2.85 bits per heavy atom. The van der Waals surface area contributed by atoms with Gasteiger partial charge in [0.2, 0.25) is 0 Å². The third kappa shape index (κ3) is 3.41. The maximum Gasteiger partial charge on any atom is 0.161 e. The van der Waals surface area contributed by atoms with Crippen LogP contribution in [0.1, 0.15) is 24.9 Å². The molecule has 0 radical (unpaired) electrons. The molecule has 0 unspecified atom stereocenters. The Labute approximate surface area is 119 Å². The van der Waals surface area contributed by atoms with Crippen LogP contribution < -0.4 is 10.1 Å². The minimum absolute atomic E-state index is 0.0573. The van der Waals surface area contributed by atoms with Crippen LogP contribution in [0.3, 0.4) is 0 Å². The third-order valence-corrected chi connectivity index (χ3v) is 3.55. The zero-order valence-corrected chi connectivity index (χ0v) is 11.8. The summed E-state index contributed by atoms with van der Waals surface area (Å²) in [6.07, 6.45) is 0.441. The summed E-state index contributed by atoms with van der Waals surface area (Å²) >= 11 is 0. The van der Waals surface area contributed by atoms with Gasteiger partial charge in [-0.25, -0.2) is 0 Å². The molecular formula is C15H21N3O2. The van der Waals surface area contributed by atoms with Gasteiger partial charge in [0.05, 0.1) is 19.1 Å². The Kier molecular flexibility index (Phi) is 5.22. The summed E-state index contributed by atoms with van der Waals surface area (Å²) < 4.78 is 5.43. The lowest BCUT2D eigenvalue weighted by Crippen LogP contribution is -2.45. The fourth-order valence-electron chi connectivity index (χ4n) is 2.55. The highest BCUT2D eigenvalue weighted by molar-refractivity contribution is 5.43. The Hall–Kier alpha value is -1.77. The number of benzene rings is 1. The van der Waals surface area contributed by atoms with Gasteiger partial charge in [0.15, 0.2) is 11.5 Å². The van der Waals surface area contributed by atoms with Gasteiger partial charge >= 0.3 is 0 Å². The number of nitrogens with zero attached hydrogens (tertiary/aromatic N) is 2. The molecule has 5 nitrogen and oxygen atoms in total. The van der Waals surface area contributed by atoms with Crippen LogP contribution in [0.5, 0.6) is 11.5 Å². The van der Waals surface area contributed by atoms with Crippen LogP contribution in [-0.4, -0.2) is 42.8 Å². The molecule has 108 valence electrons. The number of ether oxygens (including phenoxy) is 1. The first-order valence-corrected chi connectivity index (χ1v) is 7.03. The predicted octanol–water partition coefficient (Wildman–Crippen LogP) is 1.65. The number of nitrogens with one attached hydrogen (secondary N) is 1. The molecule has 2 N–H and O–H groups in total. The van der Waals surface area contributed by atoms with Gasteiger partial charge in [-0.05, 0) is 24.6 Å². The predicted molar refractivity (Wildman–Crippen MR) is 76.7 cm³/mol. The van der Waals surface area contributed by atoms with Crippen molar-refractivity contribution in [3.05, 3.63) is 23.8 Å². The number of phenols is 1. The van der Waals surface area contributed by atoms with E-state index in [9.17, 15) is 5.11 Å². The quantitative estimate of drug-likeness (QED) is 0.855. The first-order valence-electron chi connectivity index (χ1n) is 7.03. The molecule has 1 atom stereocenters. The lowest BCUT2D eigenvalue weighted by Gasteiger charge is -2.34. The number of hydrogen-bond donors (Lipinski definition) is 2. The SMILES string of the molecule is CCOc1cc([C@H](CC#N)N2CCNCC2)ccc1O. The Morgan fingerprint density at radius 1 is 1.45 bits per heavy atom. The van der Waals surface area contributed by atoms with Gasteiger partial charge < -0.3 is 15.2 Å². The van der Waals surface area contributed by atoms with Gasteiger partial charge in [0.1, 0.15) is 0 Å². The Morgan fingerprint density at radius 2 is 2.20 bits per heavy atom. The van der Waals surface area contributed by atoms with Crippen molar-refractivity contribution >= 4 is 0 Å². The molecule has 1 aromatic carbocycles. The van der Waals surface area contributed by atoms with Crippen molar-refractivity contribution in [1.29, 1.82) is 5.26 Å². The van der Waals surface area contributed by atoms with Crippen molar-refractivity contribution in [3.8, 4) is 17.6 Å². The second-order valence-electron chi connectivity index (χ2n) is 4.82. The molecular weight excluding hydrogens is 254 g/mol. The number of rotatable bonds is 5. The minimum Gasteiger partial charge on any atom is -0.504 e. The van der Waals surface area contributed by atoms with E-state index in [0.29, 0.717) is 18.8 Å². The molecule has 2 rings (SSSR count). The highest BCUT2D eigenvalue weighted by Gasteiger charge is 2.22. The second-order valence-corrected chi connectivity index (χ2v) is 4.82. The summed E-state index contributed by atoms with van der Waals surface area (Å²) in [4.78, 5) is 2.31. The van der Waals surface area contributed by atoms with Crippen LogP contribution in [0.4, 0.5) is 0 Å². The molecule has 1 aliphatic rings. The normalized spacial score (nSPS) is 17.4. The summed E-state index contributed by atoms with van der Waals surface area (Å²) in [7, 11) is 0. The van der Waals surface area contributed by atoms with Gasteiger partial charge in [-0.3, -0.25) is 4.90 Å². The monoisotopic (exact) mass is 275 g/mol. The van der Waals surface area contributed by atoms with E-state index in [1.165, 1.54) is 0 Å². The van der Waals surface area contributed by atoms with Crippen molar-refractivity contribution in [1.82, 2.24) is 10.2 Å². The van der Waals surface area contributed by atoms with Crippen molar-refractivity contribution in [2.24, 2.45) is 0 Å². The van der Waals surface area contributed by atoms with Gasteiger partial charge in [0, 0.05) is 32.2 Å². The molecule has 1 heterocycles. The lowest BCUT2D eigenvalue weighted by molar-refractivity contribution is 0.175. The van der Waals surface area contributed by atoms with E-state index in [1.807, 2.05) is 19.1 Å². The summed E-state index contributed by atoms with van der Waals surface area (Å²) in [6, 6.07) is 7.69. The average Bonchev–Trinajstić information content (AvgIpc) is 2.48. The molecule has 20 heavy (non-hydrogen) atoms. The van der Waals surface area contributed by atoms with Crippen molar-refractivity contribution in [2.45, 2.75) is 19.4 Å². The zero-order chi connectivity index (χ0) is 14.4.